The van der Waals surface area contributed by atoms with E-state index in [1.807, 2.05) is 22.6 Å². The molecule has 3 aromatic carbocycles. The lowest BCUT2D eigenvalue weighted by Crippen LogP contribution is -2.08. The van der Waals surface area contributed by atoms with Crippen LogP contribution in [0.4, 0.5) is 21.5 Å². The Balaban J connectivity index is 2.19. The van der Waals surface area contributed by atoms with Gasteiger partial charge in [-0.2, -0.15) is 0 Å². The number of carboxylic acid groups (broad SMARTS) is 1. The molecular weight excluding hydrogens is 534 g/mol. The molecule has 148 valence electrons. The molecule has 0 aliphatic rings. The van der Waals surface area contributed by atoms with Gasteiger partial charge in [0.15, 0.2) is 5.82 Å². The summed E-state index contributed by atoms with van der Waals surface area (Å²) in [6.07, 6.45) is 0. The van der Waals surface area contributed by atoms with Crippen LogP contribution < -0.4 is 5.32 Å². The van der Waals surface area contributed by atoms with E-state index in [9.17, 15) is 20.0 Å². The number of nitrogens with one attached hydrogen (secondary N) is 1. The second kappa shape index (κ2) is 8.97. The molecule has 0 saturated carbocycles. The number of hydrogen-bond acceptors (Lipinski definition) is 5. The molecule has 2 N–H and O–H groups in total. The van der Waals surface area contributed by atoms with Gasteiger partial charge in [-0.1, -0.05) is 41.6 Å². The van der Waals surface area contributed by atoms with Crippen molar-refractivity contribution in [3.8, 4) is 0 Å². The van der Waals surface area contributed by atoms with Gasteiger partial charge in [-0.3, -0.25) is 10.1 Å². The number of halogens is 3. The number of carboxylic acids is 1. The van der Waals surface area contributed by atoms with Crippen LogP contribution in [0.2, 0.25) is 5.02 Å². The molecule has 0 unspecified atom stereocenters. The first kappa shape index (κ1) is 21.3. The molecule has 0 aliphatic carbocycles. The molecule has 10 heteroatoms. The molecule has 0 bridgehead atoms. The van der Waals surface area contributed by atoms with Crippen LogP contribution in [0, 0.1) is 19.5 Å². The fourth-order valence-electron chi connectivity index (χ4n) is 2.47. The zero-order chi connectivity index (χ0) is 21.1. The third kappa shape index (κ3) is 4.80. The SMILES string of the molecule is O=C(O)c1cc([N+](=O)[O-])c(Sc2ccccc2)c(F)c1Nc1ccc(I)cc1Cl. The third-order valence-electron chi connectivity index (χ3n) is 3.78. The number of benzene rings is 3. The highest BCUT2D eigenvalue weighted by Crippen LogP contribution is 2.42. The normalized spacial score (nSPS) is 10.6. The van der Waals surface area contributed by atoms with Gasteiger partial charge in [0.05, 0.1) is 26.9 Å². The van der Waals surface area contributed by atoms with Gasteiger partial charge in [0.25, 0.3) is 5.69 Å². The van der Waals surface area contributed by atoms with Crippen molar-refractivity contribution in [3.63, 3.8) is 0 Å². The molecule has 0 spiro atoms. The van der Waals surface area contributed by atoms with E-state index in [0.717, 1.165) is 21.4 Å². The zero-order valence-electron chi connectivity index (χ0n) is 14.4. The van der Waals surface area contributed by atoms with Crippen molar-refractivity contribution in [2.75, 3.05) is 5.32 Å². The standard InChI is InChI=1S/C19H11ClFIN2O4S/c20-13-8-10(22)6-7-14(13)23-17-12(19(25)26)9-15(24(27)28)18(16(17)21)29-11-4-2-1-3-5-11/h1-9,23H,(H,25,26). The highest BCUT2D eigenvalue weighted by Gasteiger charge is 2.29. The number of nitro benzene ring substituents is 1. The van der Waals surface area contributed by atoms with Crippen LogP contribution in [0.1, 0.15) is 10.4 Å². The maximum atomic E-state index is 15.4. The highest BCUT2D eigenvalue weighted by molar-refractivity contribution is 14.1. The number of aromatic carboxylic acids is 1. The molecule has 0 heterocycles. The summed E-state index contributed by atoms with van der Waals surface area (Å²) in [7, 11) is 0. The van der Waals surface area contributed by atoms with Gasteiger partial charge in [-0.15, -0.1) is 0 Å². The Kier molecular flexibility index (Phi) is 6.60. The summed E-state index contributed by atoms with van der Waals surface area (Å²) < 4.78 is 16.2. The van der Waals surface area contributed by atoms with Gasteiger partial charge in [-0.25, -0.2) is 9.18 Å². The van der Waals surface area contributed by atoms with Crippen LogP contribution in [0.3, 0.4) is 0 Å². The molecule has 0 amide bonds. The summed E-state index contributed by atoms with van der Waals surface area (Å²) in [6, 6.07) is 14.3. The van der Waals surface area contributed by atoms with E-state index in [1.54, 1.807) is 48.5 Å². The van der Waals surface area contributed by atoms with E-state index < -0.39 is 33.6 Å². The maximum Gasteiger partial charge on any atom is 0.338 e. The summed E-state index contributed by atoms with van der Waals surface area (Å²) in [5.41, 5.74) is -1.32. The largest absolute Gasteiger partial charge is 0.478 e. The van der Waals surface area contributed by atoms with E-state index in [-0.39, 0.29) is 15.6 Å². The molecule has 0 atom stereocenters. The van der Waals surface area contributed by atoms with Gasteiger partial charge in [0.1, 0.15) is 4.90 Å². The van der Waals surface area contributed by atoms with Crippen LogP contribution in [0.25, 0.3) is 0 Å². The maximum absolute atomic E-state index is 15.4. The van der Waals surface area contributed by atoms with E-state index in [4.69, 9.17) is 11.6 Å². The van der Waals surface area contributed by atoms with Crippen molar-refractivity contribution >= 4 is 69.0 Å². The molecule has 0 aromatic heterocycles. The molecule has 3 aromatic rings. The Bertz CT molecular complexity index is 1120. The van der Waals surface area contributed by atoms with Crippen LogP contribution in [-0.4, -0.2) is 16.0 Å². The fraction of sp³-hybridized carbons (Fsp3) is 0. The van der Waals surface area contributed by atoms with E-state index in [0.29, 0.717) is 4.90 Å². The fourth-order valence-corrected chi connectivity index (χ4v) is 4.34. The highest BCUT2D eigenvalue weighted by atomic mass is 127. The van der Waals surface area contributed by atoms with Crippen LogP contribution in [0.5, 0.6) is 0 Å². The predicted molar refractivity (Wildman–Crippen MR) is 118 cm³/mol. The summed E-state index contributed by atoms with van der Waals surface area (Å²) in [5.74, 6) is -2.55. The Hall–Kier alpha value is -2.37. The average molecular weight is 545 g/mol. The minimum atomic E-state index is -1.51. The van der Waals surface area contributed by atoms with E-state index in [2.05, 4.69) is 5.32 Å². The van der Waals surface area contributed by atoms with Gasteiger partial charge in [0.2, 0.25) is 0 Å². The smallest absolute Gasteiger partial charge is 0.338 e. The summed E-state index contributed by atoms with van der Waals surface area (Å²) >= 11 is 9.05. The van der Waals surface area contributed by atoms with Crippen LogP contribution >= 0.6 is 46.0 Å². The van der Waals surface area contributed by atoms with Crippen molar-refractivity contribution in [3.05, 3.63) is 84.7 Å². The average Bonchev–Trinajstić information content (AvgIpc) is 2.67. The van der Waals surface area contributed by atoms with Crippen molar-refractivity contribution in [2.24, 2.45) is 0 Å². The van der Waals surface area contributed by atoms with E-state index >= 15 is 4.39 Å². The van der Waals surface area contributed by atoms with Crippen molar-refractivity contribution in [1.82, 2.24) is 0 Å². The molecule has 3 rings (SSSR count). The minimum Gasteiger partial charge on any atom is -0.478 e. The molecule has 6 nitrogen and oxygen atoms in total. The lowest BCUT2D eigenvalue weighted by atomic mass is 10.1. The topological polar surface area (TPSA) is 92.5 Å². The molecule has 0 saturated heterocycles. The first-order chi connectivity index (χ1) is 13.8. The summed E-state index contributed by atoms with van der Waals surface area (Å²) in [6.45, 7) is 0. The lowest BCUT2D eigenvalue weighted by Gasteiger charge is -2.15. The molecular formula is C19H11ClFIN2O4S. The Morgan fingerprint density at radius 3 is 2.48 bits per heavy atom. The Morgan fingerprint density at radius 1 is 1.21 bits per heavy atom. The first-order valence-corrected chi connectivity index (χ1v) is 10.2. The second-order valence-corrected chi connectivity index (χ2v) is 8.42. The first-order valence-electron chi connectivity index (χ1n) is 7.97. The molecule has 0 radical (unpaired) electrons. The van der Waals surface area contributed by atoms with Gasteiger partial charge in [0, 0.05) is 14.5 Å². The monoisotopic (exact) mass is 544 g/mol. The summed E-state index contributed by atoms with van der Waals surface area (Å²) in [4.78, 5) is 22.6. The minimum absolute atomic E-state index is 0.253. The number of hydrogen-bond donors (Lipinski definition) is 2. The summed E-state index contributed by atoms with van der Waals surface area (Å²) in [5, 5.41) is 23.9. The van der Waals surface area contributed by atoms with E-state index in [1.165, 1.54) is 0 Å². The van der Waals surface area contributed by atoms with Gasteiger partial charge in [-0.05, 0) is 52.9 Å². The Morgan fingerprint density at radius 2 is 1.90 bits per heavy atom. The quantitative estimate of drug-likeness (QED) is 0.207. The van der Waals surface area contributed by atoms with Crippen molar-refractivity contribution < 1.29 is 19.2 Å². The van der Waals surface area contributed by atoms with Crippen LogP contribution in [0.15, 0.2) is 64.4 Å². The number of rotatable bonds is 6. The van der Waals surface area contributed by atoms with Gasteiger partial charge < -0.3 is 10.4 Å². The lowest BCUT2D eigenvalue weighted by molar-refractivity contribution is -0.388. The number of anilines is 2. The zero-order valence-corrected chi connectivity index (χ0v) is 18.1. The predicted octanol–water partition coefficient (Wildman–Crippen LogP) is 6.58. The van der Waals surface area contributed by atoms with Crippen molar-refractivity contribution in [1.29, 1.82) is 0 Å². The van der Waals surface area contributed by atoms with Crippen molar-refractivity contribution in [2.45, 2.75) is 9.79 Å². The third-order valence-corrected chi connectivity index (χ3v) is 5.87. The molecule has 0 aliphatic heterocycles. The van der Waals surface area contributed by atoms with Gasteiger partial charge >= 0.3 is 5.97 Å². The molecule has 29 heavy (non-hydrogen) atoms. The Labute approximate surface area is 187 Å². The number of nitrogens with zero attached hydrogens (tertiary/aromatic N) is 1. The number of carbonyl (C=O) groups is 1. The van der Waals surface area contributed by atoms with Crippen LogP contribution in [-0.2, 0) is 0 Å². The number of nitro groups is 1. The molecule has 0 fully saturated rings. The second-order valence-electron chi connectivity index (χ2n) is 5.69.